The summed E-state index contributed by atoms with van der Waals surface area (Å²) in [5.74, 6) is 0.568. The standard InChI is InChI=1S/C19H25N5O3/c1-12(2)23-19(26)24-10-16-15(21-11-22-16)8-17(24)18(25)20-9-13-4-6-14(27-3)7-5-13/h4-7,11-12,17H,8-10H2,1-3H3,(H,20,25)(H,21,22)(H,23,26)/t17-/m0/s1. The number of aromatic amines is 1. The van der Waals surface area contributed by atoms with E-state index in [0.717, 1.165) is 22.7 Å². The van der Waals surface area contributed by atoms with Crippen molar-refractivity contribution in [3.8, 4) is 5.75 Å². The van der Waals surface area contributed by atoms with E-state index in [1.807, 2.05) is 38.1 Å². The molecule has 0 radical (unpaired) electrons. The zero-order valence-corrected chi connectivity index (χ0v) is 15.8. The van der Waals surface area contributed by atoms with Crippen LogP contribution in [0.4, 0.5) is 4.79 Å². The Bertz CT molecular complexity index is 800. The van der Waals surface area contributed by atoms with Crippen molar-refractivity contribution in [1.82, 2.24) is 25.5 Å². The number of nitrogens with zero attached hydrogens (tertiary/aromatic N) is 2. The number of nitrogens with one attached hydrogen (secondary N) is 3. The number of urea groups is 1. The van der Waals surface area contributed by atoms with Crippen molar-refractivity contribution in [3.63, 3.8) is 0 Å². The molecule has 8 nitrogen and oxygen atoms in total. The molecule has 1 atom stereocenters. The molecule has 1 aromatic carbocycles. The van der Waals surface area contributed by atoms with Gasteiger partial charge in [-0.15, -0.1) is 0 Å². The van der Waals surface area contributed by atoms with Gasteiger partial charge >= 0.3 is 6.03 Å². The highest BCUT2D eigenvalue weighted by atomic mass is 16.5. The third-order valence-electron chi connectivity index (χ3n) is 4.50. The molecule has 27 heavy (non-hydrogen) atoms. The first-order valence-electron chi connectivity index (χ1n) is 8.97. The van der Waals surface area contributed by atoms with E-state index in [4.69, 9.17) is 4.74 Å². The molecule has 144 valence electrons. The molecule has 2 heterocycles. The lowest BCUT2D eigenvalue weighted by Gasteiger charge is -2.34. The quantitative estimate of drug-likeness (QED) is 0.743. The van der Waals surface area contributed by atoms with Gasteiger partial charge in [0.1, 0.15) is 11.8 Å². The van der Waals surface area contributed by atoms with E-state index in [0.29, 0.717) is 19.5 Å². The van der Waals surface area contributed by atoms with Crippen LogP contribution in [0.5, 0.6) is 5.75 Å². The van der Waals surface area contributed by atoms with Gasteiger partial charge in [0, 0.05) is 19.0 Å². The van der Waals surface area contributed by atoms with Crippen molar-refractivity contribution >= 4 is 11.9 Å². The molecule has 0 unspecified atom stereocenters. The third-order valence-corrected chi connectivity index (χ3v) is 4.50. The lowest BCUT2D eigenvalue weighted by atomic mass is 10.0. The van der Waals surface area contributed by atoms with Crippen molar-refractivity contribution in [3.05, 3.63) is 47.5 Å². The summed E-state index contributed by atoms with van der Waals surface area (Å²) in [5, 5.41) is 5.79. The minimum Gasteiger partial charge on any atom is -0.497 e. The average molecular weight is 371 g/mol. The van der Waals surface area contributed by atoms with Gasteiger partial charge in [-0.2, -0.15) is 0 Å². The molecule has 3 amide bonds. The highest BCUT2D eigenvalue weighted by Crippen LogP contribution is 2.21. The Morgan fingerprint density at radius 2 is 2.07 bits per heavy atom. The van der Waals surface area contributed by atoms with Gasteiger partial charge < -0.3 is 25.3 Å². The summed E-state index contributed by atoms with van der Waals surface area (Å²) in [5.41, 5.74) is 2.65. The van der Waals surface area contributed by atoms with E-state index >= 15 is 0 Å². The van der Waals surface area contributed by atoms with Gasteiger partial charge in [-0.3, -0.25) is 4.79 Å². The van der Waals surface area contributed by atoms with E-state index in [1.54, 1.807) is 18.3 Å². The molecule has 3 rings (SSSR count). The topological polar surface area (TPSA) is 99.3 Å². The Kier molecular flexibility index (Phi) is 5.63. The predicted octanol–water partition coefficient (Wildman–Crippen LogP) is 1.58. The van der Waals surface area contributed by atoms with Crippen LogP contribution in [0.1, 0.15) is 30.8 Å². The van der Waals surface area contributed by atoms with Crippen molar-refractivity contribution in [2.24, 2.45) is 0 Å². The van der Waals surface area contributed by atoms with E-state index in [2.05, 4.69) is 20.6 Å². The zero-order chi connectivity index (χ0) is 19.4. The number of hydrogen-bond donors (Lipinski definition) is 3. The molecule has 0 aliphatic carbocycles. The first kappa shape index (κ1) is 18.8. The number of aromatic nitrogens is 2. The summed E-state index contributed by atoms with van der Waals surface area (Å²) in [7, 11) is 1.61. The molecule has 0 bridgehead atoms. The fourth-order valence-electron chi connectivity index (χ4n) is 3.06. The Balaban J connectivity index is 1.70. The first-order chi connectivity index (χ1) is 13.0. The number of carbonyl (C=O) groups is 2. The van der Waals surface area contributed by atoms with E-state index in [1.165, 1.54) is 0 Å². The van der Waals surface area contributed by atoms with Crippen molar-refractivity contribution in [1.29, 1.82) is 0 Å². The fraction of sp³-hybridized carbons (Fsp3) is 0.421. The summed E-state index contributed by atoms with van der Waals surface area (Å²) >= 11 is 0. The molecular weight excluding hydrogens is 346 g/mol. The molecule has 0 fully saturated rings. The molecule has 8 heteroatoms. The maximum atomic E-state index is 12.8. The molecule has 0 saturated carbocycles. The van der Waals surface area contributed by atoms with Crippen LogP contribution in [-0.4, -0.2) is 46.0 Å². The third kappa shape index (κ3) is 4.39. The molecular formula is C19H25N5O3. The van der Waals surface area contributed by atoms with Gasteiger partial charge in [-0.1, -0.05) is 12.1 Å². The monoisotopic (exact) mass is 371 g/mol. The van der Waals surface area contributed by atoms with Gasteiger partial charge in [-0.05, 0) is 31.5 Å². The summed E-state index contributed by atoms with van der Waals surface area (Å²) in [4.78, 5) is 34.3. The number of ether oxygens (including phenoxy) is 1. The minimum absolute atomic E-state index is 0.0105. The Labute approximate surface area is 158 Å². The maximum absolute atomic E-state index is 12.8. The van der Waals surface area contributed by atoms with Crippen LogP contribution >= 0.6 is 0 Å². The highest BCUT2D eigenvalue weighted by Gasteiger charge is 2.36. The van der Waals surface area contributed by atoms with Gasteiger partial charge in [0.05, 0.1) is 31.4 Å². The average Bonchev–Trinajstić information content (AvgIpc) is 3.12. The second-order valence-corrected chi connectivity index (χ2v) is 6.85. The molecule has 2 aromatic rings. The van der Waals surface area contributed by atoms with Gasteiger partial charge in [-0.25, -0.2) is 9.78 Å². The number of imidazole rings is 1. The number of carbonyl (C=O) groups excluding carboxylic acids is 2. The predicted molar refractivity (Wildman–Crippen MR) is 100 cm³/mol. The lowest BCUT2D eigenvalue weighted by molar-refractivity contribution is -0.126. The minimum atomic E-state index is -0.599. The van der Waals surface area contributed by atoms with Gasteiger partial charge in [0.2, 0.25) is 5.91 Å². The largest absolute Gasteiger partial charge is 0.497 e. The van der Waals surface area contributed by atoms with Crippen molar-refractivity contribution in [2.45, 2.75) is 45.4 Å². The van der Waals surface area contributed by atoms with Crippen LogP contribution in [0, 0.1) is 0 Å². The number of rotatable bonds is 5. The Hall–Kier alpha value is -3.03. The molecule has 1 aliphatic heterocycles. The number of fused-ring (bicyclic) bond motifs is 1. The number of H-pyrrole nitrogens is 1. The highest BCUT2D eigenvalue weighted by molar-refractivity contribution is 5.87. The number of methoxy groups -OCH3 is 1. The first-order valence-corrected chi connectivity index (χ1v) is 8.97. The van der Waals surface area contributed by atoms with Gasteiger partial charge in [0.25, 0.3) is 0 Å². The smallest absolute Gasteiger partial charge is 0.318 e. The second-order valence-electron chi connectivity index (χ2n) is 6.85. The summed E-state index contributed by atoms with van der Waals surface area (Å²) in [6.45, 7) is 4.49. The zero-order valence-electron chi connectivity index (χ0n) is 15.8. The normalized spacial score (nSPS) is 16.0. The van der Waals surface area contributed by atoms with Crippen LogP contribution in [0.25, 0.3) is 0 Å². The van der Waals surface area contributed by atoms with E-state index in [-0.39, 0.29) is 18.0 Å². The van der Waals surface area contributed by atoms with Crippen LogP contribution in [0.2, 0.25) is 0 Å². The number of amides is 3. The van der Waals surface area contributed by atoms with Gasteiger partial charge in [0.15, 0.2) is 0 Å². The molecule has 1 aromatic heterocycles. The van der Waals surface area contributed by atoms with Crippen LogP contribution in [0.15, 0.2) is 30.6 Å². The van der Waals surface area contributed by atoms with Crippen LogP contribution in [-0.2, 0) is 24.3 Å². The second kappa shape index (κ2) is 8.11. The number of hydrogen-bond acceptors (Lipinski definition) is 4. The van der Waals surface area contributed by atoms with Crippen LogP contribution in [0.3, 0.4) is 0 Å². The Morgan fingerprint density at radius 1 is 1.33 bits per heavy atom. The molecule has 3 N–H and O–H groups in total. The van der Waals surface area contributed by atoms with E-state index in [9.17, 15) is 9.59 Å². The maximum Gasteiger partial charge on any atom is 0.318 e. The van der Waals surface area contributed by atoms with Crippen molar-refractivity contribution < 1.29 is 14.3 Å². The SMILES string of the molecule is COc1ccc(CNC(=O)[C@@H]2Cc3nc[nH]c3CN2C(=O)NC(C)C)cc1. The van der Waals surface area contributed by atoms with E-state index < -0.39 is 6.04 Å². The molecule has 0 spiro atoms. The summed E-state index contributed by atoms with van der Waals surface area (Å²) in [6.07, 6.45) is 1.99. The van der Waals surface area contributed by atoms with Crippen molar-refractivity contribution in [2.75, 3.05) is 7.11 Å². The summed E-state index contributed by atoms with van der Waals surface area (Å²) in [6, 6.07) is 6.63. The summed E-state index contributed by atoms with van der Waals surface area (Å²) < 4.78 is 5.14. The number of benzene rings is 1. The lowest BCUT2D eigenvalue weighted by Crippen LogP contribution is -2.56. The molecule has 0 saturated heterocycles. The Morgan fingerprint density at radius 3 is 2.74 bits per heavy atom. The molecule has 1 aliphatic rings. The van der Waals surface area contributed by atoms with Crippen LogP contribution < -0.4 is 15.4 Å². The fourth-order valence-corrected chi connectivity index (χ4v) is 3.06.